The molecule has 35 heavy (non-hydrogen) atoms. The predicted molar refractivity (Wildman–Crippen MR) is 136 cm³/mol. The Morgan fingerprint density at radius 1 is 1.17 bits per heavy atom. The molecule has 8 heteroatoms. The molecule has 0 saturated carbocycles. The average molecular weight is 488 g/mol. The van der Waals surface area contributed by atoms with Crippen LogP contribution < -0.4 is 19.6 Å². The van der Waals surface area contributed by atoms with Crippen LogP contribution in [0.2, 0.25) is 0 Å². The number of allylic oxidation sites excluding steroid dienone is 1. The molecule has 1 aliphatic heterocycles. The van der Waals surface area contributed by atoms with Gasteiger partial charge in [-0.05, 0) is 39.0 Å². The van der Waals surface area contributed by atoms with Crippen LogP contribution in [0.3, 0.4) is 0 Å². The lowest BCUT2D eigenvalue weighted by molar-refractivity contribution is -0.139. The van der Waals surface area contributed by atoms with Crippen molar-refractivity contribution in [2.75, 3.05) is 13.7 Å². The number of nitrogens with one attached hydrogen (secondary N) is 1. The van der Waals surface area contributed by atoms with E-state index in [1.807, 2.05) is 61.5 Å². The number of benzene rings is 2. The number of thiazole rings is 1. The van der Waals surface area contributed by atoms with Crippen LogP contribution in [0.4, 0.5) is 0 Å². The van der Waals surface area contributed by atoms with Crippen LogP contribution in [0.1, 0.15) is 36.7 Å². The summed E-state index contributed by atoms with van der Waals surface area (Å²) in [4.78, 5) is 35.5. The number of ether oxygens (including phenoxy) is 2. The maximum Gasteiger partial charge on any atom is 0.338 e. The maximum atomic E-state index is 13.9. The van der Waals surface area contributed by atoms with Gasteiger partial charge in [0.05, 0.1) is 29.5 Å². The molecule has 0 saturated heterocycles. The van der Waals surface area contributed by atoms with Gasteiger partial charge >= 0.3 is 5.97 Å². The minimum absolute atomic E-state index is 0.219. The van der Waals surface area contributed by atoms with Crippen LogP contribution in [-0.4, -0.2) is 29.2 Å². The Bertz CT molecular complexity index is 1670. The van der Waals surface area contributed by atoms with Crippen molar-refractivity contribution in [1.29, 1.82) is 0 Å². The smallest absolute Gasteiger partial charge is 0.338 e. The first-order valence-electron chi connectivity index (χ1n) is 11.3. The highest BCUT2D eigenvalue weighted by atomic mass is 32.1. The van der Waals surface area contributed by atoms with E-state index in [1.165, 1.54) is 11.3 Å². The number of carbonyl (C=O) groups excluding carboxylic acids is 1. The first kappa shape index (κ1) is 22.9. The summed E-state index contributed by atoms with van der Waals surface area (Å²) < 4.78 is 13.1. The molecule has 0 amide bonds. The zero-order valence-corrected chi connectivity index (χ0v) is 20.7. The molecule has 1 atom stereocenters. The topological polar surface area (TPSA) is 85.7 Å². The number of hydrogen-bond acceptors (Lipinski definition) is 6. The van der Waals surface area contributed by atoms with Crippen molar-refractivity contribution in [2.24, 2.45) is 4.99 Å². The standard InChI is InChI=1S/C27H25N3O4S/c1-5-34-26(32)23-16(3)29-27-30(24(23)18-11-7-9-13-21(18)33-4)25(31)22(35-27)14-19-15(2)28-20-12-8-6-10-17(19)20/h6-14,24,28H,5H2,1-4H3/b22-14-. The van der Waals surface area contributed by atoms with E-state index >= 15 is 0 Å². The summed E-state index contributed by atoms with van der Waals surface area (Å²) in [6.07, 6.45) is 1.90. The van der Waals surface area contributed by atoms with Gasteiger partial charge in [0.15, 0.2) is 4.80 Å². The summed E-state index contributed by atoms with van der Waals surface area (Å²) in [5.41, 5.74) is 4.28. The normalized spacial score (nSPS) is 15.8. The summed E-state index contributed by atoms with van der Waals surface area (Å²) in [5.74, 6) is 0.0856. The van der Waals surface area contributed by atoms with Gasteiger partial charge in [0.2, 0.25) is 0 Å². The Morgan fingerprint density at radius 2 is 1.91 bits per heavy atom. The number of methoxy groups -OCH3 is 1. The quantitative estimate of drug-likeness (QED) is 0.436. The molecule has 0 spiro atoms. The number of H-pyrrole nitrogens is 1. The Balaban J connectivity index is 1.79. The largest absolute Gasteiger partial charge is 0.496 e. The fourth-order valence-electron chi connectivity index (χ4n) is 4.59. The molecule has 1 unspecified atom stereocenters. The molecule has 5 rings (SSSR count). The predicted octanol–water partition coefficient (Wildman–Crippen LogP) is 3.60. The molecule has 0 radical (unpaired) electrons. The second-order valence-electron chi connectivity index (χ2n) is 8.25. The molecule has 0 fully saturated rings. The van der Waals surface area contributed by atoms with E-state index in [9.17, 15) is 9.59 Å². The number of hydrogen-bond donors (Lipinski definition) is 1. The lowest BCUT2D eigenvalue weighted by atomic mass is 9.95. The molecule has 1 N–H and O–H groups in total. The fourth-order valence-corrected chi connectivity index (χ4v) is 5.62. The SMILES string of the molecule is CCOC(=O)C1=C(C)N=c2s/c(=C\c3c(C)[nH]c4ccccc34)c(=O)n2C1c1ccccc1OC. The van der Waals surface area contributed by atoms with Gasteiger partial charge in [-0.15, -0.1) is 0 Å². The first-order chi connectivity index (χ1) is 16.9. The second-order valence-corrected chi connectivity index (χ2v) is 9.26. The summed E-state index contributed by atoms with van der Waals surface area (Å²) in [6, 6.07) is 14.7. The van der Waals surface area contributed by atoms with E-state index in [0.717, 1.165) is 22.2 Å². The number of fused-ring (bicyclic) bond motifs is 2. The van der Waals surface area contributed by atoms with Crippen LogP contribution in [0.15, 0.2) is 69.6 Å². The van der Waals surface area contributed by atoms with Gasteiger partial charge < -0.3 is 14.5 Å². The van der Waals surface area contributed by atoms with Gasteiger partial charge in [-0.1, -0.05) is 47.7 Å². The van der Waals surface area contributed by atoms with Gasteiger partial charge in [0.1, 0.15) is 11.8 Å². The minimum atomic E-state index is -0.715. The van der Waals surface area contributed by atoms with E-state index in [4.69, 9.17) is 9.47 Å². The third kappa shape index (κ3) is 3.80. The van der Waals surface area contributed by atoms with Crippen LogP contribution >= 0.6 is 11.3 Å². The molecule has 0 aliphatic carbocycles. The Labute approximate surface area is 205 Å². The molecule has 4 aromatic rings. The summed E-state index contributed by atoms with van der Waals surface area (Å²) in [5, 5.41) is 1.04. The highest BCUT2D eigenvalue weighted by molar-refractivity contribution is 7.07. The summed E-state index contributed by atoms with van der Waals surface area (Å²) >= 11 is 1.31. The van der Waals surface area contributed by atoms with E-state index in [2.05, 4.69) is 9.98 Å². The van der Waals surface area contributed by atoms with Crippen molar-refractivity contribution in [2.45, 2.75) is 26.8 Å². The number of aromatic amines is 1. The van der Waals surface area contributed by atoms with Crippen molar-refractivity contribution in [1.82, 2.24) is 9.55 Å². The molecule has 2 aromatic heterocycles. The Hall–Kier alpha value is -3.91. The van der Waals surface area contributed by atoms with Crippen molar-refractivity contribution >= 4 is 34.3 Å². The molecular weight excluding hydrogens is 462 g/mol. The van der Waals surface area contributed by atoms with Gasteiger partial charge in [-0.25, -0.2) is 9.79 Å². The number of rotatable bonds is 5. The number of aromatic nitrogens is 2. The highest BCUT2D eigenvalue weighted by Gasteiger charge is 2.35. The highest BCUT2D eigenvalue weighted by Crippen LogP contribution is 2.35. The molecule has 0 bridgehead atoms. The molecule has 7 nitrogen and oxygen atoms in total. The van der Waals surface area contributed by atoms with Gasteiger partial charge in [0, 0.05) is 27.7 Å². The van der Waals surface area contributed by atoms with Gasteiger partial charge in [0.25, 0.3) is 5.56 Å². The van der Waals surface area contributed by atoms with E-state index < -0.39 is 12.0 Å². The molecular formula is C27H25N3O4S. The van der Waals surface area contributed by atoms with Crippen LogP contribution in [0.25, 0.3) is 17.0 Å². The van der Waals surface area contributed by atoms with Crippen LogP contribution in [0.5, 0.6) is 5.75 Å². The van der Waals surface area contributed by atoms with Crippen molar-refractivity contribution in [3.63, 3.8) is 0 Å². The Morgan fingerprint density at radius 3 is 2.69 bits per heavy atom. The third-order valence-corrected chi connectivity index (χ3v) is 7.15. The average Bonchev–Trinajstić information content (AvgIpc) is 3.34. The minimum Gasteiger partial charge on any atom is -0.496 e. The third-order valence-electron chi connectivity index (χ3n) is 6.17. The van der Waals surface area contributed by atoms with Crippen molar-refractivity contribution in [3.05, 3.63) is 96.3 Å². The molecule has 178 valence electrons. The Kier molecular flexibility index (Phi) is 5.90. The van der Waals surface area contributed by atoms with Gasteiger partial charge in [-0.2, -0.15) is 0 Å². The van der Waals surface area contributed by atoms with E-state index in [1.54, 1.807) is 25.5 Å². The van der Waals surface area contributed by atoms with E-state index in [0.29, 0.717) is 31.9 Å². The van der Waals surface area contributed by atoms with Crippen molar-refractivity contribution < 1.29 is 14.3 Å². The number of carbonyl (C=O) groups is 1. The van der Waals surface area contributed by atoms with Crippen molar-refractivity contribution in [3.8, 4) is 5.75 Å². The van der Waals surface area contributed by atoms with E-state index in [-0.39, 0.29) is 12.2 Å². The zero-order chi connectivity index (χ0) is 24.7. The summed E-state index contributed by atoms with van der Waals surface area (Å²) in [6.45, 7) is 5.74. The van der Waals surface area contributed by atoms with Crippen LogP contribution in [-0.2, 0) is 9.53 Å². The van der Waals surface area contributed by atoms with Gasteiger partial charge in [-0.3, -0.25) is 9.36 Å². The summed E-state index contributed by atoms with van der Waals surface area (Å²) in [7, 11) is 1.57. The number of para-hydroxylation sites is 2. The zero-order valence-electron chi connectivity index (χ0n) is 19.9. The lowest BCUT2D eigenvalue weighted by Gasteiger charge is -2.25. The lowest BCUT2D eigenvalue weighted by Crippen LogP contribution is -2.40. The number of nitrogens with zero attached hydrogens (tertiary/aromatic N) is 2. The maximum absolute atomic E-state index is 13.9. The molecule has 3 heterocycles. The first-order valence-corrected chi connectivity index (χ1v) is 12.2. The number of aryl methyl sites for hydroxylation is 1. The van der Waals surface area contributed by atoms with Crippen LogP contribution in [0, 0.1) is 6.92 Å². The number of esters is 1. The molecule has 1 aliphatic rings. The fraction of sp³-hybridized carbons (Fsp3) is 0.222. The second kappa shape index (κ2) is 9.03. The monoisotopic (exact) mass is 487 g/mol. The molecule has 2 aromatic carbocycles.